The van der Waals surface area contributed by atoms with Gasteiger partial charge in [0.05, 0.1) is 31.5 Å². The van der Waals surface area contributed by atoms with Gasteiger partial charge in [0, 0.05) is 30.2 Å². The van der Waals surface area contributed by atoms with Crippen LogP contribution in [0.25, 0.3) is 0 Å². The van der Waals surface area contributed by atoms with Gasteiger partial charge in [-0.2, -0.15) is 0 Å². The van der Waals surface area contributed by atoms with E-state index in [0.717, 1.165) is 17.9 Å². The summed E-state index contributed by atoms with van der Waals surface area (Å²) >= 11 is 0. The predicted octanol–water partition coefficient (Wildman–Crippen LogP) is 2.86. The van der Waals surface area contributed by atoms with Gasteiger partial charge in [-0.05, 0) is 24.5 Å². The molecule has 2 saturated heterocycles. The minimum Gasteiger partial charge on any atom is -0.497 e. The summed E-state index contributed by atoms with van der Waals surface area (Å²) in [7, 11) is 1.67. The molecule has 5 rings (SSSR count). The van der Waals surface area contributed by atoms with Gasteiger partial charge in [-0.15, -0.1) is 0 Å². The minimum absolute atomic E-state index is 0.156. The first kappa shape index (κ1) is 15.6. The predicted molar refractivity (Wildman–Crippen MR) is 92.8 cm³/mol. The fourth-order valence-electron chi connectivity index (χ4n) is 6.46. The van der Waals surface area contributed by atoms with Crippen molar-refractivity contribution in [1.82, 2.24) is 0 Å². The molecule has 5 nitrogen and oxygen atoms in total. The Bertz CT molecular complexity index is 771. The lowest BCUT2D eigenvalue weighted by Gasteiger charge is -2.51. The summed E-state index contributed by atoms with van der Waals surface area (Å²) in [4.78, 5) is 15.2. The molecule has 0 radical (unpaired) electrons. The number of ether oxygens (including phenoxy) is 3. The number of fused-ring (bicyclic) bond motifs is 4. The number of carbonyl (C=O) groups is 1. The molecule has 1 saturated carbocycles. The van der Waals surface area contributed by atoms with Crippen molar-refractivity contribution in [1.29, 1.82) is 0 Å². The Morgan fingerprint density at radius 2 is 1.96 bits per heavy atom. The van der Waals surface area contributed by atoms with Gasteiger partial charge < -0.3 is 19.1 Å². The number of hydrogen-bond donors (Lipinski definition) is 0. The number of carbonyl (C=O) groups excluding carboxylic acids is 1. The zero-order valence-electron chi connectivity index (χ0n) is 15.3. The van der Waals surface area contributed by atoms with Crippen molar-refractivity contribution in [3.8, 4) is 5.75 Å². The number of rotatable bonds is 1. The molecule has 3 fully saturated rings. The van der Waals surface area contributed by atoms with Gasteiger partial charge in [-0.25, -0.2) is 0 Å². The first-order valence-corrected chi connectivity index (χ1v) is 9.17. The van der Waals surface area contributed by atoms with E-state index in [2.05, 4.69) is 26.8 Å². The van der Waals surface area contributed by atoms with Crippen LogP contribution in [0.2, 0.25) is 0 Å². The van der Waals surface area contributed by atoms with Crippen LogP contribution >= 0.6 is 0 Å². The molecule has 1 aromatic carbocycles. The van der Waals surface area contributed by atoms with Crippen molar-refractivity contribution in [2.75, 3.05) is 25.2 Å². The molecular formula is C20H25NO4. The van der Waals surface area contributed by atoms with Crippen molar-refractivity contribution < 1.29 is 19.0 Å². The highest BCUT2D eigenvalue weighted by atomic mass is 16.7. The zero-order chi connectivity index (χ0) is 17.6. The Balaban J connectivity index is 1.78. The third kappa shape index (κ3) is 1.56. The number of hydrogen-bond acceptors (Lipinski definition) is 4. The molecule has 5 heteroatoms. The smallest absolute Gasteiger partial charge is 0.227 e. The molecule has 3 heterocycles. The van der Waals surface area contributed by atoms with Gasteiger partial charge in [0.2, 0.25) is 5.91 Å². The SMILES string of the molecule is COc1ccc2c(c1)N1C(=O)C[C@H](C)[C@@H]3C4(C[C@]2(C)[C@@]31C)OCCO4. The molecule has 1 spiro atoms. The summed E-state index contributed by atoms with van der Waals surface area (Å²) in [6, 6.07) is 6.13. The molecule has 25 heavy (non-hydrogen) atoms. The second-order valence-electron chi connectivity index (χ2n) is 8.44. The van der Waals surface area contributed by atoms with Crippen LogP contribution in [0, 0.1) is 11.8 Å². The lowest BCUT2D eigenvalue weighted by molar-refractivity contribution is -0.202. The molecule has 1 aliphatic carbocycles. The Hall–Kier alpha value is -1.59. The highest BCUT2D eigenvalue weighted by molar-refractivity contribution is 6.00. The third-order valence-corrected chi connectivity index (χ3v) is 7.39. The topological polar surface area (TPSA) is 48.0 Å². The summed E-state index contributed by atoms with van der Waals surface area (Å²) in [5.41, 5.74) is 1.66. The van der Waals surface area contributed by atoms with Crippen LogP contribution in [0.4, 0.5) is 5.69 Å². The monoisotopic (exact) mass is 343 g/mol. The van der Waals surface area contributed by atoms with E-state index >= 15 is 0 Å². The lowest BCUT2D eigenvalue weighted by Crippen LogP contribution is -2.64. The van der Waals surface area contributed by atoms with E-state index in [1.165, 1.54) is 5.56 Å². The largest absolute Gasteiger partial charge is 0.497 e. The van der Waals surface area contributed by atoms with Crippen LogP contribution in [-0.2, 0) is 19.7 Å². The second kappa shape index (κ2) is 4.57. The van der Waals surface area contributed by atoms with Crippen molar-refractivity contribution in [2.24, 2.45) is 11.8 Å². The molecule has 0 N–H and O–H groups in total. The fraction of sp³-hybridized carbons (Fsp3) is 0.650. The Labute approximate surface area is 148 Å². The lowest BCUT2D eigenvalue weighted by atomic mass is 9.64. The van der Waals surface area contributed by atoms with E-state index in [-0.39, 0.29) is 28.7 Å². The van der Waals surface area contributed by atoms with Crippen LogP contribution in [-0.4, -0.2) is 37.6 Å². The number of methoxy groups -OCH3 is 1. The van der Waals surface area contributed by atoms with Gasteiger partial charge in [-0.3, -0.25) is 4.79 Å². The first-order chi connectivity index (χ1) is 11.9. The summed E-state index contributed by atoms with van der Waals surface area (Å²) in [5, 5.41) is 0. The molecule has 0 bridgehead atoms. The van der Waals surface area contributed by atoms with E-state index in [9.17, 15) is 4.79 Å². The molecule has 0 aromatic heterocycles. The fourth-order valence-corrected chi connectivity index (χ4v) is 6.46. The molecule has 134 valence electrons. The van der Waals surface area contributed by atoms with Crippen LogP contribution in [0.1, 0.15) is 39.2 Å². The number of piperidine rings is 1. The van der Waals surface area contributed by atoms with Crippen molar-refractivity contribution in [3.63, 3.8) is 0 Å². The maximum absolute atomic E-state index is 13.1. The van der Waals surface area contributed by atoms with Crippen LogP contribution < -0.4 is 9.64 Å². The van der Waals surface area contributed by atoms with Gasteiger partial charge >= 0.3 is 0 Å². The van der Waals surface area contributed by atoms with Crippen molar-refractivity contribution >= 4 is 11.6 Å². The van der Waals surface area contributed by atoms with Crippen molar-refractivity contribution in [3.05, 3.63) is 23.8 Å². The number of amides is 1. The standard InChI is InChI=1S/C20H25NO4/c1-12-9-16(22)21-15-10-13(23-4)5-6-14(15)18(2)11-20(24-7-8-25-20)17(12)19(18,21)3/h5-6,10,12,17H,7-9,11H2,1-4H3/t12-,17-,18-,19+/m0/s1. The molecule has 4 atom stereocenters. The highest BCUT2D eigenvalue weighted by Gasteiger charge is 2.77. The van der Waals surface area contributed by atoms with E-state index in [1.54, 1.807) is 7.11 Å². The Morgan fingerprint density at radius 1 is 1.24 bits per heavy atom. The molecule has 1 aromatic rings. The van der Waals surface area contributed by atoms with Crippen LogP contribution in [0.5, 0.6) is 5.75 Å². The number of nitrogens with zero attached hydrogens (tertiary/aromatic N) is 1. The summed E-state index contributed by atoms with van der Waals surface area (Å²) in [6.07, 6.45) is 1.32. The number of anilines is 1. The van der Waals surface area contributed by atoms with Crippen molar-refractivity contribution in [2.45, 2.75) is 50.4 Å². The number of benzene rings is 1. The average molecular weight is 343 g/mol. The van der Waals surface area contributed by atoms with E-state index < -0.39 is 5.79 Å². The molecule has 0 unspecified atom stereocenters. The van der Waals surface area contributed by atoms with E-state index in [1.807, 2.05) is 17.0 Å². The molecule has 1 amide bonds. The Morgan fingerprint density at radius 3 is 2.64 bits per heavy atom. The van der Waals surface area contributed by atoms with E-state index in [4.69, 9.17) is 14.2 Å². The van der Waals surface area contributed by atoms with Crippen LogP contribution in [0.15, 0.2) is 18.2 Å². The normalized spacial score (nSPS) is 40.5. The maximum Gasteiger partial charge on any atom is 0.227 e. The first-order valence-electron chi connectivity index (χ1n) is 9.17. The summed E-state index contributed by atoms with van der Waals surface area (Å²) < 4.78 is 17.9. The van der Waals surface area contributed by atoms with Gasteiger partial charge in [0.25, 0.3) is 0 Å². The summed E-state index contributed by atoms with van der Waals surface area (Å²) in [6.45, 7) is 7.96. The second-order valence-corrected chi connectivity index (χ2v) is 8.44. The van der Waals surface area contributed by atoms with Gasteiger partial charge in [-0.1, -0.05) is 19.9 Å². The zero-order valence-corrected chi connectivity index (χ0v) is 15.3. The molecular weight excluding hydrogens is 318 g/mol. The Kier molecular flexibility index (Phi) is 2.86. The summed E-state index contributed by atoms with van der Waals surface area (Å²) in [5.74, 6) is 0.796. The van der Waals surface area contributed by atoms with Gasteiger partial charge in [0.1, 0.15) is 5.75 Å². The third-order valence-electron chi connectivity index (χ3n) is 7.39. The van der Waals surface area contributed by atoms with E-state index in [0.29, 0.717) is 19.6 Å². The molecule has 4 aliphatic rings. The van der Waals surface area contributed by atoms with Gasteiger partial charge in [0.15, 0.2) is 5.79 Å². The maximum atomic E-state index is 13.1. The average Bonchev–Trinajstić information content (AvgIpc) is 3.14. The quantitative estimate of drug-likeness (QED) is 0.787. The van der Waals surface area contributed by atoms with Crippen LogP contribution in [0.3, 0.4) is 0 Å². The minimum atomic E-state index is -0.570. The highest BCUT2D eigenvalue weighted by Crippen LogP contribution is 2.70. The molecule has 3 aliphatic heterocycles.